The number of carboxylic acids is 1. The van der Waals surface area contributed by atoms with E-state index in [1.165, 1.54) is 28.6 Å². The van der Waals surface area contributed by atoms with Gasteiger partial charge in [-0.05, 0) is 85.8 Å². The number of nitrogens with zero attached hydrogens (tertiary/aromatic N) is 5. The topological polar surface area (TPSA) is 93.4 Å². The second-order valence-electron chi connectivity index (χ2n) is 10.8. The molecule has 212 valence electrons. The SMILES string of the molecule is Cc1ccc(OCc2ccc3c(c2C)CCN(Cc2ccccn2)C3)c(-c2cccc(-n3cnc(C(=O)O)c3C)n2)c1. The van der Waals surface area contributed by atoms with Crippen LogP contribution >= 0.6 is 0 Å². The van der Waals surface area contributed by atoms with E-state index in [4.69, 9.17) is 9.72 Å². The molecule has 42 heavy (non-hydrogen) atoms. The van der Waals surface area contributed by atoms with Gasteiger partial charge >= 0.3 is 5.97 Å². The van der Waals surface area contributed by atoms with Crippen LogP contribution in [0.1, 0.15) is 49.7 Å². The van der Waals surface area contributed by atoms with Crippen LogP contribution in [0.2, 0.25) is 0 Å². The van der Waals surface area contributed by atoms with Gasteiger partial charge in [-0.2, -0.15) is 0 Å². The van der Waals surface area contributed by atoms with E-state index in [2.05, 4.69) is 46.1 Å². The molecule has 0 spiro atoms. The normalized spacial score (nSPS) is 13.1. The third kappa shape index (κ3) is 5.53. The molecule has 3 aromatic heterocycles. The molecule has 6 rings (SSSR count). The van der Waals surface area contributed by atoms with Gasteiger partial charge in [0.1, 0.15) is 24.5 Å². The van der Waals surface area contributed by atoms with E-state index >= 15 is 0 Å². The van der Waals surface area contributed by atoms with Crippen molar-refractivity contribution < 1.29 is 14.6 Å². The van der Waals surface area contributed by atoms with Gasteiger partial charge in [-0.25, -0.2) is 14.8 Å². The lowest BCUT2D eigenvalue weighted by molar-refractivity contribution is 0.0690. The fourth-order valence-corrected chi connectivity index (χ4v) is 5.64. The summed E-state index contributed by atoms with van der Waals surface area (Å²) in [7, 11) is 0. The highest BCUT2D eigenvalue weighted by Gasteiger charge is 2.21. The molecule has 1 aliphatic heterocycles. The predicted octanol–water partition coefficient (Wildman–Crippen LogP) is 6.09. The summed E-state index contributed by atoms with van der Waals surface area (Å²) in [6, 6.07) is 22.3. The molecule has 5 aromatic rings. The maximum atomic E-state index is 11.5. The molecule has 0 saturated carbocycles. The molecule has 0 atom stereocenters. The number of hydrogen-bond acceptors (Lipinski definition) is 6. The van der Waals surface area contributed by atoms with Gasteiger partial charge in [0.25, 0.3) is 0 Å². The van der Waals surface area contributed by atoms with Crippen LogP contribution in [0.5, 0.6) is 5.75 Å². The Morgan fingerprint density at radius 3 is 2.67 bits per heavy atom. The van der Waals surface area contributed by atoms with Crippen LogP contribution in [0.3, 0.4) is 0 Å². The zero-order chi connectivity index (χ0) is 29.2. The van der Waals surface area contributed by atoms with Crippen molar-refractivity contribution in [1.82, 2.24) is 24.4 Å². The van der Waals surface area contributed by atoms with Crippen LogP contribution in [-0.2, 0) is 26.1 Å². The smallest absolute Gasteiger partial charge is 0.356 e. The highest BCUT2D eigenvalue weighted by molar-refractivity contribution is 5.86. The van der Waals surface area contributed by atoms with Crippen LogP contribution in [0.15, 0.2) is 79.3 Å². The van der Waals surface area contributed by atoms with Gasteiger partial charge in [0.15, 0.2) is 5.69 Å². The third-order valence-electron chi connectivity index (χ3n) is 7.98. The van der Waals surface area contributed by atoms with Gasteiger partial charge in [-0.15, -0.1) is 0 Å². The minimum absolute atomic E-state index is 0.0168. The molecule has 8 nitrogen and oxygen atoms in total. The summed E-state index contributed by atoms with van der Waals surface area (Å²) in [6.07, 6.45) is 4.36. The average Bonchev–Trinajstić information content (AvgIpc) is 3.39. The minimum atomic E-state index is -1.06. The number of aromatic carboxylic acids is 1. The Kier molecular flexibility index (Phi) is 7.54. The number of benzene rings is 2. The van der Waals surface area contributed by atoms with E-state index in [0.717, 1.165) is 54.3 Å². The van der Waals surface area contributed by atoms with Crippen LogP contribution in [0.4, 0.5) is 0 Å². The first kappa shape index (κ1) is 27.4. The summed E-state index contributed by atoms with van der Waals surface area (Å²) in [5.41, 5.74) is 9.62. The molecule has 0 unspecified atom stereocenters. The first-order valence-electron chi connectivity index (χ1n) is 14.1. The largest absolute Gasteiger partial charge is 0.488 e. The number of aromatic nitrogens is 4. The van der Waals surface area contributed by atoms with E-state index < -0.39 is 5.97 Å². The first-order chi connectivity index (χ1) is 20.4. The van der Waals surface area contributed by atoms with Gasteiger partial charge < -0.3 is 9.84 Å². The van der Waals surface area contributed by atoms with E-state index in [0.29, 0.717) is 18.1 Å². The van der Waals surface area contributed by atoms with Crippen molar-refractivity contribution in [2.75, 3.05) is 6.54 Å². The number of hydrogen-bond donors (Lipinski definition) is 1. The quantitative estimate of drug-likeness (QED) is 0.246. The number of imidazole rings is 1. The lowest BCUT2D eigenvalue weighted by Crippen LogP contribution is -2.31. The number of carboxylic acid groups (broad SMARTS) is 1. The lowest BCUT2D eigenvalue weighted by atomic mass is 9.92. The highest BCUT2D eigenvalue weighted by atomic mass is 16.5. The maximum Gasteiger partial charge on any atom is 0.356 e. The Balaban J connectivity index is 1.22. The molecule has 0 fully saturated rings. The van der Waals surface area contributed by atoms with Crippen molar-refractivity contribution >= 4 is 5.97 Å². The number of aryl methyl sites for hydroxylation is 1. The Labute approximate surface area is 245 Å². The minimum Gasteiger partial charge on any atom is -0.488 e. The van der Waals surface area contributed by atoms with Crippen LogP contribution in [0.25, 0.3) is 17.1 Å². The van der Waals surface area contributed by atoms with Crippen molar-refractivity contribution in [3.63, 3.8) is 0 Å². The van der Waals surface area contributed by atoms with Crippen LogP contribution in [0, 0.1) is 20.8 Å². The van der Waals surface area contributed by atoms with E-state index in [1.807, 2.05) is 55.6 Å². The van der Waals surface area contributed by atoms with Crippen molar-refractivity contribution in [2.45, 2.75) is 46.9 Å². The Morgan fingerprint density at radius 2 is 1.88 bits per heavy atom. The Hall–Kier alpha value is -4.82. The highest BCUT2D eigenvalue weighted by Crippen LogP contribution is 2.32. The standard InChI is InChI=1S/C34H33N5O3/c1-22-10-13-31(29(17-22)30-8-6-9-32(37-30)39-21-36-33(24(39)3)34(40)41)42-20-26-12-11-25-18-38(16-14-28(25)23(26)2)19-27-7-4-5-15-35-27/h4-13,15,17,21H,14,16,18-20H2,1-3H3,(H,40,41). The fourth-order valence-electron chi connectivity index (χ4n) is 5.64. The van der Waals surface area contributed by atoms with Crippen molar-refractivity contribution in [2.24, 2.45) is 0 Å². The molecule has 2 aromatic carbocycles. The Morgan fingerprint density at radius 1 is 1.00 bits per heavy atom. The summed E-state index contributed by atoms with van der Waals surface area (Å²) >= 11 is 0. The molecule has 1 aliphatic rings. The zero-order valence-electron chi connectivity index (χ0n) is 24.0. The maximum absolute atomic E-state index is 11.5. The number of rotatable bonds is 8. The molecule has 0 amide bonds. The Bertz CT molecular complexity index is 1760. The van der Waals surface area contributed by atoms with Crippen LogP contribution < -0.4 is 4.74 Å². The lowest BCUT2D eigenvalue weighted by Gasteiger charge is -2.30. The van der Waals surface area contributed by atoms with Gasteiger partial charge in [0.05, 0.1) is 17.1 Å². The van der Waals surface area contributed by atoms with Crippen molar-refractivity contribution in [1.29, 1.82) is 0 Å². The van der Waals surface area contributed by atoms with Gasteiger partial charge in [0, 0.05) is 31.4 Å². The summed E-state index contributed by atoms with van der Waals surface area (Å²) in [4.78, 5) is 27.3. The molecular formula is C34H33N5O3. The zero-order valence-corrected chi connectivity index (χ0v) is 24.0. The molecule has 0 radical (unpaired) electrons. The molecule has 0 aliphatic carbocycles. The molecule has 1 N–H and O–H groups in total. The third-order valence-corrected chi connectivity index (χ3v) is 7.98. The summed E-state index contributed by atoms with van der Waals surface area (Å²) in [5, 5.41) is 9.41. The van der Waals surface area contributed by atoms with Crippen molar-refractivity contribution in [3.8, 4) is 22.8 Å². The van der Waals surface area contributed by atoms with Gasteiger partial charge in [-0.1, -0.05) is 35.9 Å². The number of carbonyl (C=O) groups is 1. The van der Waals surface area contributed by atoms with Gasteiger partial charge in [0.2, 0.25) is 0 Å². The number of fused-ring (bicyclic) bond motifs is 1. The monoisotopic (exact) mass is 559 g/mol. The molecule has 0 saturated heterocycles. The van der Waals surface area contributed by atoms with E-state index in [-0.39, 0.29) is 5.69 Å². The van der Waals surface area contributed by atoms with E-state index in [1.54, 1.807) is 11.5 Å². The molecule has 0 bridgehead atoms. The first-order valence-corrected chi connectivity index (χ1v) is 14.1. The summed E-state index contributed by atoms with van der Waals surface area (Å²) in [5.74, 6) is 0.286. The van der Waals surface area contributed by atoms with E-state index in [9.17, 15) is 9.90 Å². The van der Waals surface area contributed by atoms with Gasteiger partial charge in [-0.3, -0.25) is 14.5 Å². The fraction of sp³-hybridized carbons (Fsp3) is 0.235. The molecule has 4 heterocycles. The van der Waals surface area contributed by atoms with Crippen molar-refractivity contribution in [3.05, 3.63) is 124 Å². The number of pyridine rings is 2. The predicted molar refractivity (Wildman–Crippen MR) is 161 cm³/mol. The number of ether oxygens (including phenoxy) is 1. The second kappa shape index (κ2) is 11.6. The second-order valence-corrected chi connectivity index (χ2v) is 10.8. The average molecular weight is 560 g/mol. The summed E-state index contributed by atoms with van der Waals surface area (Å²) in [6.45, 7) is 9.20. The molecule has 8 heteroatoms. The van der Waals surface area contributed by atoms with Crippen LogP contribution in [-0.4, -0.2) is 42.0 Å². The molecular weight excluding hydrogens is 526 g/mol. The summed E-state index contributed by atoms with van der Waals surface area (Å²) < 4.78 is 8.15.